The Bertz CT molecular complexity index is 968. The van der Waals surface area contributed by atoms with Crippen LogP contribution < -0.4 is 0 Å². The summed E-state index contributed by atoms with van der Waals surface area (Å²) in [4.78, 5) is 1.33. The molecule has 0 saturated heterocycles. The molecule has 2 heterocycles. The Morgan fingerprint density at radius 2 is 1.88 bits per heavy atom. The molecule has 0 atom stereocenters. The van der Waals surface area contributed by atoms with Gasteiger partial charge in [-0.2, -0.15) is 0 Å². The van der Waals surface area contributed by atoms with Crippen LogP contribution in [-0.4, -0.2) is 14.8 Å². The summed E-state index contributed by atoms with van der Waals surface area (Å²) >= 11 is 3.54. The second-order valence-corrected chi connectivity index (χ2v) is 7.80. The van der Waals surface area contributed by atoms with Crippen molar-refractivity contribution in [1.82, 2.24) is 14.8 Å². The van der Waals surface area contributed by atoms with E-state index in [0.717, 1.165) is 29.7 Å². The molecule has 0 radical (unpaired) electrons. The van der Waals surface area contributed by atoms with Gasteiger partial charge >= 0.3 is 0 Å². The molecular formula is C20H19N3S2. The van der Waals surface area contributed by atoms with Crippen molar-refractivity contribution in [3.63, 3.8) is 0 Å². The summed E-state index contributed by atoms with van der Waals surface area (Å²) < 4.78 is 2.23. The molecule has 0 unspecified atom stereocenters. The van der Waals surface area contributed by atoms with Crippen LogP contribution >= 0.6 is 23.1 Å². The monoisotopic (exact) mass is 365 g/mol. The smallest absolute Gasteiger partial charge is 0.191 e. The molecule has 5 heteroatoms. The SMILES string of the molecule is CCn1c(Cc2cccs2)nnc1SCc1cccc2ccccc12. The predicted molar refractivity (Wildman–Crippen MR) is 106 cm³/mol. The van der Waals surface area contributed by atoms with Gasteiger partial charge in [0.2, 0.25) is 0 Å². The van der Waals surface area contributed by atoms with Crippen LogP contribution in [0.2, 0.25) is 0 Å². The van der Waals surface area contributed by atoms with E-state index in [1.165, 1.54) is 21.2 Å². The average Bonchev–Trinajstić information content (AvgIpc) is 3.30. The summed E-state index contributed by atoms with van der Waals surface area (Å²) in [6.07, 6.45) is 0.854. The van der Waals surface area contributed by atoms with Crippen LogP contribution in [0.3, 0.4) is 0 Å². The zero-order valence-electron chi connectivity index (χ0n) is 14.1. The summed E-state index contributed by atoms with van der Waals surface area (Å²) in [7, 11) is 0. The maximum absolute atomic E-state index is 4.44. The molecule has 25 heavy (non-hydrogen) atoms. The quantitative estimate of drug-likeness (QED) is 0.429. The Balaban J connectivity index is 1.55. The summed E-state index contributed by atoms with van der Waals surface area (Å²) in [5, 5.41) is 14.6. The Hall–Kier alpha value is -2.11. The van der Waals surface area contributed by atoms with Crippen LogP contribution in [0, 0.1) is 0 Å². The molecule has 0 spiro atoms. The Morgan fingerprint density at radius 1 is 1.00 bits per heavy atom. The maximum atomic E-state index is 4.44. The molecule has 0 fully saturated rings. The summed E-state index contributed by atoms with van der Waals surface area (Å²) in [6, 6.07) is 19.3. The van der Waals surface area contributed by atoms with E-state index in [1.54, 1.807) is 23.1 Å². The third-order valence-electron chi connectivity index (χ3n) is 4.26. The lowest BCUT2D eigenvalue weighted by Crippen LogP contribution is -2.03. The number of hydrogen-bond donors (Lipinski definition) is 0. The molecule has 0 saturated carbocycles. The number of thioether (sulfide) groups is 1. The second-order valence-electron chi connectivity index (χ2n) is 5.83. The normalized spacial score (nSPS) is 11.2. The van der Waals surface area contributed by atoms with Crippen LogP contribution in [0.15, 0.2) is 65.1 Å². The van der Waals surface area contributed by atoms with Gasteiger partial charge in [-0.15, -0.1) is 21.5 Å². The van der Waals surface area contributed by atoms with E-state index < -0.39 is 0 Å². The number of hydrogen-bond acceptors (Lipinski definition) is 4. The van der Waals surface area contributed by atoms with Crippen molar-refractivity contribution >= 4 is 33.9 Å². The highest BCUT2D eigenvalue weighted by molar-refractivity contribution is 7.98. The fourth-order valence-electron chi connectivity index (χ4n) is 3.00. The van der Waals surface area contributed by atoms with E-state index in [2.05, 4.69) is 81.7 Å². The topological polar surface area (TPSA) is 30.7 Å². The third kappa shape index (κ3) is 3.48. The van der Waals surface area contributed by atoms with Crippen molar-refractivity contribution in [3.05, 3.63) is 76.2 Å². The fourth-order valence-corrected chi connectivity index (χ4v) is 4.73. The summed E-state index contributed by atoms with van der Waals surface area (Å²) in [6.45, 7) is 3.05. The van der Waals surface area contributed by atoms with Crippen LogP contribution in [-0.2, 0) is 18.7 Å². The molecule has 0 amide bonds. The van der Waals surface area contributed by atoms with Crippen LogP contribution in [0.1, 0.15) is 23.2 Å². The van der Waals surface area contributed by atoms with E-state index in [0.29, 0.717) is 0 Å². The van der Waals surface area contributed by atoms with Gasteiger partial charge in [0.1, 0.15) is 5.82 Å². The third-order valence-corrected chi connectivity index (χ3v) is 6.15. The fraction of sp³-hybridized carbons (Fsp3) is 0.200. The molecule has 3 nitrogen and oxygen atoms in total. The molecule has 2 aromatic carbocycles. The number of thiophene rings is 1. The zero-order valence-corrected chi connectivity index (χ0v) is 15.7. The second kappa shape index (κ2) is 7.42. The van der Waals surface area contributed by atoms with Crippen LogP contribution in [0.25, 0.3) is 10.8 Å². The van der Waals surface area contributed by atoms with Gasteiger partial charge in [0.25, 0.3) is 0 Å². The highest BCUT2D eigenvalue weighted by atomic mass is 32.2. The minimum Gasteiger partial charge on any atom is -0.306 e. The highest BCUT2D eigenvalue weighted by Gasteiger charge is 2.13. The van der Waals surface area contributed by atoms with Crippen molar-refractivity contribution in [2.75, 3.05) is 0 Å². The van der Waals surface area contributed by atoms with E-state index >= 15 is 0 Å². The van der Waals surface area contributed by atoms with E-state index in [-0.39, 0.29) is 0 Å². The largest absolute Gasteiger partial charge is 0.306 e. The number of nitrogens with zero attached hydrogens (tertiary/aromatic N) is 3. The standard InChI is InChI=1S/C20H19N3S2/c1-2-23-19(13-17-10-6-12-24-17)21-22-20(23)25-14-16-9-5-8-15-7-3-4-11-18(15)16/h3-12H,2,13-14H2,1H3. The minimum absolute atomic E-state index is 0.854. The first-order chi connectivity index (χ1) is 12.3. The van der Waals surface area contributed by atoms with Crippen LogP contribution in [0.5, 0.6) is 0 Å². The molecule has 4 aromatic rings. The predicted octanol–water partition coefficient (Wildman–Crippen LogP) is 5.40. The van der Waals surface area contributed by atoms with E-state index in [4.69, 9.17) is 0 Å². The first-order valence-electron chi connectivity index (χ1n) is 8.39. The summed E-state index contributed by atoms with van der Waals surface area (Å²) in [5.41, 5.74) is 1.34. The molecule has 2 aromatic heterocycles. The van der Waals surface area contributed by atoms with Gasteiger partial charge in [-0.1, -0.05) is 60.3 Å². The van der Waals surface area contributed by atoms with Crippen molar-refractivity contribution in [3.8, 4) is 0 Å². The van der Waals surface area contributed by atoms with Gasteiger partial charge < -0.3 is 4.57 Å². The van der Waals surface area contributed by atoms with Crippen molar-refractivity contribution in [1.29, 1.82) is 0 Å². The van der Waals surface area contributed by atoms with Gasteiger partial charge in [0.15, 0.2) is 5.16 Å². The lowest BCUT2D eigenvalue weighted by Gasteiger charge is -2.08. The van der Waals surface area contributed by atoms with Gasteiger partial charge in [-0.25, -0.2) is 0 Å². The van der Waals surface area contributed by atoms with Gasteiger partial charge in [-0.05, 0) is 34.7 Å². The highest BCUT2D eigenvalue weighted by Crippen LogP contribution is 2.27. The van der Waals surface area contributed by atoms with Crippen molar-refractivity contribution < 1.29 is 0 Å². The first kappa shape index (κ1) is 16.4. The maximum Gasteiger partial charge on any atom is 0.191 e. The lowest BCUT2D eigenvalue weighted by atomic mass is 10.1. The number of fused-ring (bicyclic) bond motifs is 1. The molecule has 126 valence electrons. The van der Waals surface area contributed by atoms with Crippen molar-refractivity contribution in [2.24, 2.45) is 0 Å². The van der Waals surface area contributed by atoms with Gasteiger partial charge in [0, 0.05) is 23.6 Å². The van der Waals surface area contributed by atoms with Gasteiger partial charge in [-0.3, -0.25) is 0 Å². The molecule has 0 bridgehead atoms. The number of benzene rings is 2. The lowest BCUT2D eigenvalue weighted by molar-refractivity contribution is 0.652. The van der Waals surface area contributed by atoms with E-state index in [1.807, 2.05) is 0 Å². The summed E-state index contributed by atoms with van der Waals surface area (Å²) in [5.74, 6) is 1.95. The Kier molecular flexibility index (Phi) is 4.85. The first-order valence-corrected chi connectivity index (χ1v) is 10.3. The Labute approximate surface area is 155 Å². The van der Waals surface area contributed by atoms with Crippen LogP contribution in [0.4, 0.5) is 0 Å². The number of rotatable bonds is 6. The van der Waals surface area contributed by atoms with Crippen molar-refractivity contribution in [2.45, 2.75) is 30.8 Å². The molecule has 4 rings (SSSR count). The molecule has 0 aliphatic rings. The van der Waals surface area contributed by atoms with Gasteiger partial charge in [0.05, 0.1) is 0 Å². The molecule has 0 aliphatic carbocycles. The van der Waals surface area contributed by atoms with E-state index in [9.17, 15) is 0 Å². The average molecular weight is 366 g/mol. The Morgan fingerprint density at radius 3 is 2.72 bits per heavy atom. The molecule has 0 N–H and O–H groups in total. The molecular weight excluding hydrogens is 346 g/mol. The minimum atomic E-state index is 0.854. The molecule has 0 aliphatic heterocycles. The zero-order chi connectivity index (χ0) is 17.1. The number of aromatic nitrogens is 3.